The van der Waals surface area contributed by atoms with Crippen LogP contribution in [-0.2, 0) is 38.7 Å². The molecule has 348 valence electrons. The quantitative estimate of drug-likeness (QED) is 0.0198. The fourth-order valence-electron chi connectivity index (χ4n) is 7.38. The highest BCUT2D eigenvalue weighted by atomic mass is 32.2. The first-order chi connectivity index (χ1) is 28.5. The third kappa shape index (κ3) is 31.8. The number of hydrogen-bond acceptors (Lipinski definition) is 11. The van der Waals surface area contributed by atoms with Gasteiger partial charge in [-0.05, 0) is 38.5 Å². The first kappa shape index (κ1) is 55.4. The molecule has 1 fully saturated rings. The molecule has 12 nitrogen and oxygen atoms in total. The van der Waals surface area contributed by atoms with Gasteiger partial charge in [-0.15, -0.1) is 0 Å². The Morgan fingerprint density at radius 1 is 0.559 bits per heavy atom. The Morgan fingerprint density at radius 2 is 0.966 bits per heavy atom. The van der Waals surface area contributed by atoms with Gasteiger partial charge in [-0.2, -0.15) is 8.42 Å². The lowest BCUT2D eigenvalue weighted by atomic mass is 10.00. The maximum atomic E-state index is 12.8. The van der Waals surface area contributed by atoms with Crippen LogP contribution in [0.4, 0.5) is 0 Å². The van der Waals surface area contributed by atoms with Gasteiger partial charge in [-0.1, -0.05) is 174 Å². The van der Waals surface area contributed by atoms with Gasteiger partial charge < -0.3 is 34.3 Å². The zero-order valence-corrected chi connectivity index (χ0v) is 37.9. The smallest absolute Gasteiger partial charge is 0.306 e. The predicted octanol–water partition coefficient (Wildman–Crippen LogP) is 9.84. The molecular formula is C46H86O12S. The van der Waals surface area contributed by atoms with Crippen molar-refractivity contribution in [3.05, 3.63) is 12.2 Å². The highest BCUT2D eigenvalue weighted by molar-refractivity contribution is 7.85. The lowest BCUT2D eigenvalue weighted by Gasteiger charge is -2.40. The molecule has 0 saturated carbocycles. The summed E-state index contributed by atoms with van der Waals surface area (Å²) in [5.74, 6) is -2.00. The van der Waals surface area contributed by atoms with Crippen molar-refractivity contribution in [3.8, 4) is 0 Å². The number of ether oxygens (including phenoxy) is 4. The van der Waals surface area contributed by atoms with Crippen LogP contribution in [0.2, 0.25) is 0 Å². The van der Waals surface area contributed by atoms with Gasteiger partial charge in [0.05, 0.1) is 6.61 Å². The van der Waals surface area contributed by atoms with Gasteiger partial charge in [-0.3, -0.25) is 14.1 Å². The molecule has 0 bridgehead atoms. The number of aliphatic hydroxyl groups is 3. The Balaban J connectivity index is 2.43. The molecule has 1 saturated heterocycles. The van der Waals surface area contributed by atoms with Gasteiger partial charge in [0, 0.05) is 12.8 Å². The average Bonchev–Trinajstić information content (AvgIpc) is 3.20. The SMILES string of the molecule is CCCCCCCCCCC/C=C/CCCCC(=O)O[C@H](COC(=O)CCCCCCCCCCCCCCCCCC)CO[C@H]1O[C@H](CS(=O)(=O)O)[C@@H](O)C(O)C1O. The first-order valence-electron chi connectivity index (χ1n) is 23.7. The predicted molar refractivity (Wildman–Crippen MR) is 234 cm³/mol. The Kier molecular flexibility index (Phi) is 34.7. The summed E-state index contributed by atoms with van der Waals surface area (Å²) in [7, 11) is -4.60. The number of hydrogen-bond donors (Lipinski definition) is 4. The van der Waals surface area contributed by atoms with E-state index in [0.29, 0.717) is 12.8 Å². The van der Waals surface area contributed by atoms with Crippen LogP contribution >= 0.6 is 0 Å². The van der Waals surface area contributed by atoms with Crippen molar-refractivity contribution in [2.45, 2.75) is 250 Å². The Bertz CT molecular complexity index is 1150. The van der Waals surface area contributed by atoms with Crippen LogP contribution in [0.5, 0.6) is 0 Å². The van der Waals surface area contributed by atoms with E-state index in [1.807, 2.05) is 0 Å². The second-order valence-corrected chi connectivity index (χ2v) is 18.3. The normalized spacial score (nSPS) is 20.3. The molecule has 0 aromatic heterocycles. The molecule has 6 atom stereocenters. The first-order valence-corrected chi connectivity index (χ1v) is 25.4. The number of allylic oxidation sites excluding steroid dienone is 2. The van der Waals surface area contributed by atoms with Crippen LogP contribution < -0.4 is 0 Å². The minimum atomic E-state index is -4.60. The van der Waals surface area contributed by atoms with E-state index >= 15 is 0 Å². The van der Waals surface area contributed by atoms with Crippen molar-refractivity contribution < 1.29 is 56.8 Å². The number of rotatable bonds is 40. The molecule has 0 aliphatic carbocycles. The van der Waals surface area contributed by atoms with Crippen LogP contribution in [0.25, 0.3) is 0 Å². The number of aliphatic hydroxyl groups excluding tert-OH is 3. The maximum absolute atomic E-state index is 12.8. The molecular weight excluding hydrogens is 777 g/mol. The van der Waals surface area contributed by atoms with E-state index < -0.39 is 71.2 Å². The molecule has 4 N–H and O–H groups in total. The molecule has 1 aliphatic rings. The third-order valence-corrected chi connectivity index (χ3v) is 11.8. The third-order valence-electron chi connectivity index (χ3n) is 11.1. The van der Waals surface area contributed by atoms with Crippen molar-refractivity contribution in [3.63, 3.8) is 0 Å². The maximum Gasteiger partial charge on any atom is 0.306 e. The Hall–Kier alpha value is -1.61. The fraction of sp³-hybridized carbons (Fsp3) is 0.913. The van der Waals surface area contributed by atoms with Gasteiger partial charge in [0.15, 0.2) is 12.4 Å². The molecule has 0 radical (unpaired) electrons. The summed E-state index contributed by atoms with van der Waals surface area (Å²) in [6.07, 6.45) is 29.7. The van der Waals surface area contributed by atoms with Crippen LogP contribution in [0.3, 0.4) is 0 Å². The van der Waals surface area contributed by atoms with Gasteiger partial charge in [0.25, 0.3) is 10.1 Å². The van der Waals surface area contributed by atoms with E-state index in [9.17, 15) is 37.9 Å². The van der Waals surface area contributed by atoms with Gasteiger partial charge in [0.1, 0.15) is 36.8 Å². The highest BCUT2D eigenvalue weighted by Crippen LogP contribution is 2.24. The van der Waals surface area contributed by atoms with E-state index in [4.69, 9.17) is 18.9 Å². The summed E-state index contributed by atoms with van der Waals surface area (Å²) in [4.78, 5) is 25.4. The monoisotopic (exact) mass is 863 g/mol. The number of esters is 2. The molecule has 13 heteroatoms. The fourth-order valence-corrected chi connectivity index (χ4v) is 8.07. The van der Waals surface area contributed by atoms with Crippen LogP contribution in [0.1, 0.15) is 213 Å². The standard InChI is InChI=1S/C46H86O12S/c1-3-5-7-9-11-13-15-17-19-21-22-24-26-28-30-32-34-41(47)55-36-39(37-56-46-45(51)44(50)43(49)40(58-46)38-59(52,53)54)57-42(48)35-33-31-29-27-25-23-20-18-16-14-12-10-8-6-4-2/h25,27,39-40,43-46,49-51H,3-24,26,28-38H2,1-2H3,(H,52,53,54)/b27-25+/t39-,40-,43-,44?,45?,46+/m1/s1. The molecule has 0 aromatic rings. The Labute approximate surface area is 358 Å². The van der Waals surface area contributed by atoms with E-state index in [2.05, 4.69) is 26.0 Å². The van der Waals surface area contributed by atoms with Gasteiger partial charge in [-0.25, -0.2) is 0 Å². The molecule has 1 rings (SSSR count). The summed E-state index contributed by atoms with van der Waals surface area (Å²) in [5.41, 5.74) is 0. The summed E-state index contributed by atoms with van der Waals surface area (Å²) in [6, 6.07) is 0. The van der Waals surface area contributed by atoms with E-state index in [1.54, 1.807) is 0 Å². The lowest BCUT2D eigenvalue weighted by molar-refractivity contribution is -0.297. The molecule has 0 aromatic carbocycles. The minimum Gasteiger partial charge on any atom is -0.462 e. The molecule has 0 amide bonds. The molecule has 1 heterocycles. The number of carbonyl (C=O) groups excluding carboxylic acids is 2. The zero-order chi connectivity index (χ0) is 43.4. The van der Waals surface area contributed by atoms with Crippen LogP contribution in [-0.4, -0.2) is 96.0 Å². The van der Waals surface area contributed by atoms with Crippen LogP contribution in [0, 0.1) is 0 Å². The van der Waals surface area contributed by atoms with Gasteiger partial charge >= 0.3 is 11.9 Å². The molecule has 1 aliphatic heterocycles. The number of carbonyl (C=O) groups is 2. The topological polar surface area (TPSA) is 186 Å². The minimum absolute atomic E-state index is 0.139. The average molecular weight is 863 g/mol. The molecule has 2 unspecified atom stereocenters. The summed E-state index contributed by atoms with van der Waals surface area (Å²) < 4.78 is 54.1. The van der Waals surface area contributed by atoms with E-state index in [1.165, 1.54) is 135 Å². The van der Waals surface area contributed by atoms with Crippen molar-refractivity contribution in [1.29, 1.82) is 0 Å². The van der Waals surface area contributed by atoms with Crippen molar-refractivity contribution >= 4 is 22.1 Å². The lowest BCUT2D eigenvalue weighted by Crippen LogP contribution is -2.60. The largest absolute Gasteiger partial charge is 0.462 e. The molecule has 0 spiro atoms. The second kappa shape index (κ2) is 37.0. The van der Waals surface area contributed by atoms with Gasteiger partial charge in [0.2, 0.25) is 0 Å². The summed E-state index contributed by atoms with van der Waals surface area (Å²) in [6.45, 7) is 3.76. The zero-order valence-electron chi connectivity index (χ0n) is 37.1. The summed E-state index contributed by atoms with van der Waals surface area (Å²) in [5, 5.41) is 30.9. The second-order valence-electron chi connectivity index (χ2n) is 16.8. The summed E-state index contributed by atoms with van der Waals surface area (Å²) >= 11 is 0. The number of unbranched alkanes of at least 4 members (excludes halogenated alkanes) is 26. The van der Waals surface area contributed by atoms with E-state index in [0.717, 1.165) is 38.5 Å². The van der Waals surface area contributed by atoms with Crippen LogP contribution in [0.15, 0.2) is 12.2 Å². The Morgan fingerprint density at radius 3 is 1.44 bits per heavy atom. The van der Waals surface area contributed by atoms with Crippen molar-refractivity contribution in [2.24, 2.45) is 0 Å². The molecule has 59 heavy (non-hydrogen) atoms. The van der Waals surface area contributed by atoms with Crippen molar-refractivity contribution in [1.82, 2.24) is 0 Å². The highest BCUT2D eigenvalue weighted by Gasteiger charge is 2.46. The van der Waals surface area contributed by atoms with Crippen molar-refractivity contribution in [2.75, 3.05) is 19.0 Å². The van der Waals surface area contributed by atoms with E-state index in [-0.39, 0.29) is 19.4 Å².